The Hall–Kier alpha value is -0.660. The van der Waals surface area contributed by atoms with Crippen LogP contribution in [0.5, 0.6) is 0 Å². The molecule has 1 atom stereocenters. The quantitative estimate of drug-likeness (QED) is 0.785. The molecule has 7 heteroatoms. The highest BCUT2D eigenvalue weighted by molar-refractivity contribution is 7.90. The molecule has 1 amide bonds. The van der Waals surface area contributed by atoms with Crippen LogP contribution >= 0.6 is 0 Å². The standard InChI is InChI=1S/C19H33N3O3S/c23-19(15-4-1-2-5-15)22-11-3-6-18(14-22)26(24,25)20-16-9-12-21(13-10-16)17-7-8-17/h15-18,20H,1-14H2/t18-/m0/s1. The highest BCUT2D eigenvalue weighted by Gasteiger charge is 2.38. The van der Waals surface area contributed by atoms with Gasteiger partial charge in [0, 0.05) is 31.1 Å². The van der Waals surface area contributed by atoms with Crippen LogP contribution in [-0.2, 0) is 14.8 Å². The molecule has 4 aliphatic rings. The minimum atomic E-state index is -3.36. The first kappa shape index (κ1) is 18.7. The van der Waals surface area contributed by atoms with Gasteiger partial charge in [0.25, 0.3) is 0 Å². The number of carbonyl (C=O) groups is 1. The first-order valence-electron chi connectivity index (χ1n) is 10.6. The fraction of sp³-hybridized carbons (Fsp3) is 0.947. The summed E-state index contributed by atoms with van der Waals surface area (Å²) >= 11 is 0. The number of hydrogen-bond donors (Lipinski definition) is 1. The largest absolute Gasteiger partial charge is 0.341 e. The Bertz CT molecular complexity index is 606. The van der Waals surface area contributed by atoms with Gasteiger partial charge in [0.15, 0.2) is 0 Å². The lowest BCUT2D eigenvalue weighted by Gasteiger charge is -2.36. The van der Waals surface area contributed by atoms with Crippen LogP contribution in [0.3, 0.4) is 0 Å². The molecule has 0 aromatic carbocycles. The third-order valence-corrected chi connectivity index (χ3v) is 8.68. The van der Waals surface area contributed by atoms with E-state index in [1.54, 1.807) is 0 Å². The number of nitrogens with one attached hydrogen (secondary N) is 1. The second kappa shape index (κ2) is 7.76. The van der Waals surface area contributed by atoms with Gasteiger partial charge in [-0.05, 0) is 64.5 Å². The van der Waals surface area contributed by atoms with Crippen molar-refractivity contribution >= 4 is 15.9 Å². The van der Waals surface area contributed by atoms with E-state index in [9.17, 15) is 13.2 Å². The van der Waals surface area contributed by atoms with E-state index in [-0.39, 0.29) is 17.9 Å². The van der Waals surface area contributed by atoms with Crippen molar-refractivity contribution in [1.29, 1.82) is 0 Å². The van der Waals surface area contributed by atoms with E-state index in [2.05, 4.69) is 9.62 Å². The van der Waals surface area contributed by atoms with E-state index in [1.807, 2.05) is 4.90 Å². The second-order valence-corrected chi connectivity index (χ2v) is 10.7. The third kappa shape index (κ3) is 4.25. The molecule has 2 saturated carbocycles. The van der Waals surface area contributed by atoms with Crippen LogP contribution in [-0.4, -0.2) is 67.6 Å². The molecule has 148 valence electrons. The molecule has 26 heavy (non-hydrogen) atoms. The number of carbonyl (C=O) groups excluding carboxylic acids is 1. The Morgan fingerprint density at radius 2 is 1.54 bits per heavy atom. The van der Waals surface area contributed by atoms with Gasteiger partial charge in [-0.1, -0.05) is 12.8 Å². The molecule has 2 aliphatic heterocycles. The summed E-state index contributed by atoms with van der Waals surface area (Å²) in [7, 11) is -3.36. The van der Waals surface area contributed by atoms with Gasteiger partial charge in [-0.2, -0.15) is 0 Å². The molecule has 0 bridgehead atoms. The van der Waals surface area contributed by atoms with Crippen LogP contribution in [0.25, 0.3) is 0 Å². The lowest BCUT2D eigenvalue weighted by molar-refractivity contribution is -0.136. The van der Waals surface area contributed by atoms with Crippen molar-refractivity contribution in [1.82, 2.24) is 14.5 Å². The van der Waals surface area contributed by atoms with Crippen LogP contribution in [0.1, 0.15) is 64.2 Å². The average molecular weight is 384 g/mol. The summed E-state index contributed by atoms with van der Waals surface area (Å²) in [5, 5.41) is -0.442. The van der Waals surface area contributed by atoms with E-state index in [0.29, 0.717) is 13.0 Å². The molecule has 1 N–H and O–H groups in total. The van der Waals surface area contributed by atoms with Crippen molar-refractivity contribution in [3.05, 3.63) is 0 Å². The normalized spacial score (nSPS) is 30.0. The summed E-state index contributed by atoms with van der Waals surface area (Å²) in [6.45, 7) is 3.12. The molecule has 6 nitrogen and oxygen atoms in total. The number of likely N-dealkylation sites (tertiary alicyclic amines) is 2. The smallest absolute Gasteiger partial charge is 0.225 e. The summed E-state index contributed by atoms with van der Waals surface area (Å²) in [5.74, 6) is 0.330. The first-order valence-corrected chi connectivity index (χ1v) is 12.1. The van der Waals surface area contributed by atoms with E-state index in [1.165, 1.54) is 12.8 Å². The van der Waals surface area contributed by atoms with Crippen molar-refractivity contribution in [2.75, 3.05) is 26.2 Å². The molecule has 0 unspecified atom stereocenters. The van der Waals surface area contributed by atoms with Gasteiger partial charge in [-0.25, -0.2) is 13.1 Å². The molecule has 2 heterocycles. The Morgan fingerprint density at radius 1 is 0.846 bits per heavy atom. The fourth-order valence-corrected chi connectivity index (χ4v) is 6.72. The van der Waals surface area contributed by atoms with Gasteiger partial charge in [0.05, 0.1) is 5.25 Å². The van der Waals surface area contributed by atoms with Crippen molar-refractivity contribution in [2.45, 2.75) is 81.5 Å². The summed E-state index contributed by atoms with van der Waals surface area (Å²) < 4.78 is 28.8. The maximum absolute atomic E-state index is 12.9. The molecule has 4 rings (SSSR count). The van der Waals surface area contributed by atoms with Gasteiger partial charge in [-0.15, -0.1) is 0 Å². The second-order valence-electron chi connectivity index (χ2n) is 8.73. The zero-order chi connectivity index (χ0) is 18.1. The van der Waals surface area contributed by atoms with Crippen LogP contribution in [0.4, 0.5) is 0 Å². The third-order valence-electron chi connectivity index (χ3n) is 6.76. The number of hydrogen-bond acceptors (Lipinski definition) is 4. The molecular formula is C19H33N3O3S. The van der Waals surface area contributed by atoms with Crippen molar-refractivity contribution in [3.63, 3.8) is 0 Å². The van der Waals surface area contributed by atoms with E-state index >= 15 is 0 Å². The molecule has 0 spiro atoms. The first-order chi connectivity index (χ1) is 12.5. The zero-order valence-electron chi connectivity index (χ0n) is 15.7. The van der Waals surface area contributed by atoms with Crippen LogP contribution in [0, 0.1) is 5.92 Å². The number of rotatable bonds is 5. The lowest BCUT2D eigenvalue weighted by atomic mass is 10.0. The summed E-state index contributed by atoms with van der Waals surface area (Å²) in [6, 6.07) is 0.831. The minimum absolute atomic E-state index is 0.0657. The van der Waals surface area contributed by atoms with Gasteiger partial charge >= 0.3 is 0 Å². The summed E-state index contributed by atoms with van der Waals surface area (Å²) in [4.78, 5) is 17.0. The fourth-order valence-electron chi connectivity index (χ4n) is 4.97. The van der Waals surface area contributed by atoms with Gasteiger partial charge in [0.1, 0.15) is 0 Å². The Kier molecular flexibility index (Phi) is 5.58. The maximum Gasteiger partial charge on any atom is 0.225 e. The molecule has 0 radical (unpaired) electrons. The van der Waals surface area contributed by atoms with Crippen LogP contribution in [0.15, 0.2) is 0 Å². The minimum Gasteiger partial charge on any atom is -0.341 e. The predicted octanol–water partition coefficient (Wildman–Crippen LogP) is 1.71. The Balaban J connectivity index is 1.31. The highest BCUT2D eigenvalue weighted by Crippen LogP contribution is 2.30. The Morgan fingerprint density at radius 3 is 2.19 bits per heavy atom. The predicted molar refractivity (Wildman–Crippen MR) is 101 cm³/mol. The molecule has 0 aromatic heterocycles. The lowest BCUT2D eigenvalue weighted by Crippen LogP contribution is -2.52. The molecule has 4 fully saturated rings. The maximum atomic E-state index is 12.9. The average Bonchev–Trinajstić information content (AvgIpc) is 3.35. The molecule has 2 aliphatic carbocycles. The van der Waals surface area contributed by atoms with Crippen LogP contribution in [0.2, 0.25) is 0 Å². The molecule has 2 saturated heterocycles. The van der Waals surface area contributed by atoms with E-state index in [0.717, 1.165) is 70.6 Å². The van der Waals surface area contributed by atoms with Crippen LogP contribution < -0.4 is 4.72 Å². The van der Waals surface area contributed by atoms with Crippen molar-refractivity contribution < 1.29 is 13.2 Å². The van der Waals surface area contributed by atoms with Gasteiger partial charge in [-0.3, -0.25) is 4.79 Å². The summed E-state index contributed by atoms with van der Waals surface area (Å²) in [6.07, 6.45) is 10.1. The number of sulfonamides is 1. The van der Waals surface area contributed by atoms with Crippen molar-refractivity contribution in [2.24, 2.45) is 5.92 Å². The number of amides is 1. The number of piperidine rings is 2. The molecular weight excluding hydrogens is 350 g/mol. The van der Waals surface area contributed by atoms with E-state index < -0.39 is 15.3 Å². The van der Waals surface area contributed by atoms with Gasteiger partial charge < -0.3 is 9.80 Å². The molecule has 0 aromatic rings. The van der Waals surface area contributed by atoms with Gasteiger partial charge in [0.2, 0.25) is 15.9 Å². The topological polar surface area (TPSA) is 69.7 Å². The monoisotopic (exact) mass is 383 g/mol. The number of nitrogens with zero attached hydrogens (tertiary/aromatic N) is 2. The summed E-state index contributed by atoms with van der Waals surface area (Å²) in [5.41, 5.74) is 0. The SMILES string of the molecule is O=C(C1CCCC1)N1CCC[C@H](S(=O)(=O)NC2CCN(C3CC3)CC2)C1. The van der Waals surface area contributed by atoms with Crippen molar-refractivity contribution in [3.8, 4) is 0 Å². The van der Waals surface area contributed by atoms with E-state index in [4.69, 9.17) is 0 Å². The Labute approximate surface area is 157 Å². The zero-order valence-corrected chi connectivity index (χ0v) is 16.6. The highest BCUT2D eigenvalue weighted by atomic mass is 32.2.